The van der Waals surface area contributed by atoms with Gasteiger partial charge in [-0.2, -0.15) is 4.31 Å². The molecule has 5 nitrogen and oxygen atoms in total. The third-order valence-electron chi connectivity index (χ3n) is 3.74. The summed E-state index contributed by atoms with van der Waals surface area (Å²) in [5, 5.41) is 0. The Morgan fingerprint density at radius 1 is 1.60 bits per heavy atom. The highest BCUT2D eigenvalue weighted by molar-refractivity contribution is 9.11. The quantitative estimate of drug-likeness (QED) is 0.842. The lowest BCUT2D eigenvalue weighted by Crippen LogP contribution is -2.39. The molecule has 20 heavy (non-hydrogen) atoms. The lowest BCUT2D eigenvalue weighted by Gasteiger charge is -2.25. The molecule has 0 amide bonds. The first-order valence-corrected chi connectivity index (χ1v) is 9.56. The average Bonchev–Trinajstić information content (AvgIpc) is 2.96. The van der Waals surface area contributed by atoms with Gasteiger partial charge in [0, 0.05) is 31.1 Å². The van der Waals surface area contributed by atoms with E-state index >= 15 is 0 Å². The van der Waals surface area contributed by atoms with Crippen molar-refractivity contribution in [3.05, 3.63) is 14.7 Å². The monoisotopic (exact) mass is 381 g/mol. The summed E-state index contributed by atoms with van der Waals surface area (Å²) >= 11 is 4.71. The van der Waals surface area contributed by atoms with Crippen molar-refractivity contribution in [1.29, 1.82) is 0 Å². The van der Waals surface area contributed by atoms with Gasteiger partial charge < -0.3 is 10.6 Å². The molecule has 1 unspecified atom stereocenters. The molecule has 0 aromatic carbocycles. The van der Waals surface area contributed by atoms with E-state index in [9.17, 15) is 8.42 Å². The molecule has 0 aliphatic carbocycles. The molecule has 2 rings (SSSR count). The van der Waals surface area contributed by atoms with E-state index in [4.69, 9.17) is 5.73 Å². The van der Waals surface area contributed by atoms with Gasteiger partial charge >= 0.3 is 0 Å². The third kappa shape index (κ3) is 3.26. The van der Waals surface area contributed by atoms with Crippen LogP contribution in [-0.4, -0.2) is 50.8 Å². The van der Waals surface area contributed by atoms with Crippen LogP contribution in [0, 0.1) is 0 Å². The second kappa shape index (κ2) is 6.41. The smallest absolute Gasteiger partial charge is 0.244 e. The number of likely N-dealkylation sites (N-methyl/N-ethyl adjacent to an activating group) is 2. The molecule has 114 valence electrons. The molecule has 0 bridgehead atoms. The number of thiophene rings is 1. The molecule has 2 N–H and O–H groups in total. The second-order valence-electron chi connectivity index (χ2n) is 5.12. The van der Waals surface area contributed by atoms with Crippen molar-refractivity contribution < 1.29 is 8.42 Å². The van der Waals surface area contributed by atoms with Crippen LogP contribution in [-0.2, 0) is 16.6 Å². The van der Waals surface area contributed by atoms with Crippen molar-refractivity contribution in [2.24, 2.45) is 5.73 Å². The zero-order valence-corrected chi connectivity index (χ0v) is 14.9. The summed E-state index contributed by atoms with van der Waals surface area (Å²) in [4.78, 5) is 3.41. The maximum absolute atomic E-state index is 12.6. The minimum Gasteiger partial charge on any atom is -0.326 e. The van der Waals surface area contributed by atoms with Crippen LogP contribution in [0.5, 0.6) is 0 Å². The number of nitrogens with zero attached hydrogens (tertiary/aromatic N) is 2. The highest BCUT2D eigenvalue weighted by Gasteiger charge is 2.30. The molecule has 2 heterocycles. The van der Waals surface area contributed by atoms with E-state index < -0.39 is 10.0 Å². The highest BCUT2D eigenvalue weighted by atomic mass is 79.9. The summed E-state index contributed by atoms with van der Waals surface area (Å²) in [6.07, 6.45) is 2.18. The van der Waals surface area contributed by atoms with Crippen LogP contribution in [0.3, 0.4) is 0 Å². The van der Waals surface area contributed by atoms with Crippen LogP contribution < -0.4 is 5.73 Å². The van der Waals surface area contributed by atoms with Gasteiger partial charge in [-0.3, -0.25) is 0 Å². The van der Waals surface area contributed by atoms with Crippen molar-refractivity contribution >= 4 is 37.3 Å². The second-order valence-corrected chi connectivity index (χ2v) is 9.58. The Balaban J connectivity index is 2.18. The fourth-order valence-corrected chi connectivity index (χ4v) is 6.16. The number of halogens is 1. The van der Waals surface area contributed by atoms with E-state index in [-0.39, 0.29) is 0 Å². The van der Waals surface area contributed by atoms with Gasteiger partial charge in [0.2, 0.25) is 10.0 Å². The molecular weight excluding hydrogens is 362 g/mol. The maximum Gasteiger partial charge on any atom is 0.244 e. The Bertz CT molecular complexity index is 573. The predicted molar refractivity (Wildman–Crippen MR) is 85.4 cm³/mol. The van der Waals surface area contributed by atoms with E-state index in [1.165, 1.54) is 15.6 Å². The van der Waals surface area contributed by atoms with Gasteiger partial charge in [0.25, 0.3) is 0 Å². The summed E-state index contributed by atoms with van der Waals surface area (Å²) in [5.41, 5.74) is 5.58. The first kappa shape index (κ1) is 16.4. The van der Waals surface area contributed by atoms with Crippen molar-refractivity contribution in [3.8, 4) is 0 Å². The predicted octanol–water partition coefficient (Wildman–Crippen LogP) is 1.68. The summed E-state index contributed by atoms with van der Waals surface area (Å²) in [5.74, 6) is 0. The normalized spacial score (nSPS) is 20.9. The topological polar surface area (TPSA) is 66.6 Å². The van der Waals surface area contributed by atoms with Gasteiger partial charge in [0.1, 0.15) is 4.90 Å². The number of hydrogen-bond donors (Lipinski definition) is 1. The lowest BCUT2D eigenvalue weighted by molar-refractivity contribution is 0.271. The summed E-state index contributed by atoms with van der Waals surface area (Å²) < 4.78 is 27.3. The minimum atomic E-state index is -3.46. The van der Waals surface area contributed by atoms with Gasteiger partial charge in [-0.15, -0.1) is 11.3 Å². The largest absolute Gasteiger partial charge is 0.326 e. The van der Waals surface area contributed by atoms with E-state index in [2.05, 4.69) is 20.8 Å². The molecule has 0 spiro atoms. The number of rotatable bonds is 5. The lowest BCUT2D eigenvalue weighted by atomic mass is 10.2. The third-order valence-corrected chi connectivity index (χ3v) is 7.83. The molecule has 8 heteroatoms. The summed E-state index contributed by atoms with van der Waals surface area (Å²) in [6, 6.07) is 1.97. The molecule has 1 aromatic rings. The SMILES string of the molecule is CN1CCCC1CN(C)S(=O)(=O)c1cc(CN)sc1Br. The Morgan fingerprint density at radius 2 is 2.30 bits per heavy atom. The van der Waals surface area contributed by atoms with Crippen LogP contribution in [0.2, 0.25) is 0 Å². The zero-order chi connectivity index (χ0) is 14.9. The molecule has 1 aliphatic rings. The van der Waals surface area contributed by atoms with E-state index in [0.29, 0.717) is 27.8 Å². The van der Waals surface area contributed by atoms with Crippen molar-refractivity contribution in [1.82, 2.24) is 9.21 Å². The van der Waals surface area contributed by atoms with Gasteiger partial charge in [-0.05, 0) is 48.4 Å². The molecule has 1 atom stereocenters. The van der Waals surface area contributed by atoms with Crippen LogP contribution in [0.15, 0.2) is 14.7 Å². The van der Waals surface area contributed by atoms with E-state index in [1.54, 1.807) is 13.1 Å². The number of hydrogen-bond acceptors (Lipinski definition) is 5. The number of sulfonamides is 1. The Morgan fingerprint density at radius 3 is 2.80 bits per heavy atom. The van der Waals surface area contributed by atoms with Crippen LogP contribution in [0.25, 0.3) is 0 Å². The Kier molecular flexibility index (Phi) is 5.25. The van der Waals surface area contributed by atoms with Crippen molar-refractivity contribution in [2.75, 3.05) is 27.2 Å². The van der Waals surface area contributed by atoms with Gasteiger partial charge in [-0.1, -0.05) is 0 Å². The van der Waals surface area contributed by atoms with E-state index in [0.717, 1.165) is 24.3 Å². The number of likely N-dealkylation sites (tertiary alicyclic amines) is 1. The molecular formula is C12H20BrN3O2S2. The van der Waals surface area contributed by atoms with Gasteiger partial charge in [0.05, 0.1) is 3.79 Å². The average molecular weight is 382 g/mol. The van der Waals surface area contributed by atoms with Gasteiger partial charge in [0.15, 0.2) is 0 Å². The minimum absolute atomic E-state index is 0.307. The van der Waals surface area contributed by atoms with E-state index in [1.807, 2.05) is 7.05 Å². The van der Waals surface area contributed by atoms with Gasteiger partial charge in [-0.25, -0.2) is 8.42 Å². The van der Waals surface area contributed by atoms with Crippen LogP contribution in [0.4, 0.5) is 0 Å². The summed E-state index contributed by atoms with van der Waals surface area (Å²) in [6.45, 7) is 1.92. The molecule has 0 saturated carbocycles. The van der Waals surface area contributed by atoms with Crippen molar-refractivity contribution in [3.63, 3.8) is 0 Å². The maximum atomic E-state index is 12.6. The fraction of sp³-hybridized carbons (Fsp3) is 0.667. The zero-order valence-electron chi connectivity index (χ0n) is 11.7. The summed E-state index contributed by atoms with van der Waals surface area (Å²) in [7, 11) is 0.238. The molecule has 1 fully saturated rings. The Labute approximate surface area is 132 Å². The Hall–Kier alpha value is 0.01000. The van der Waals surface area contributed by atoms with Crippen molar-refractivity contribution in [2.45, 2.75) is 30.3 Å². The first-order valence-electron chi connectivity index (χ1n) is 6.51. The fourth-order valence-electron chi connectivity index (χ4n) is 2.45. The molecule has 1 saturated heterocycles. The van der Waals surface area contributed by atoms with Crippen LogP contribution in [0.1, 0.15) is 17.7 Å². The number of nitrogens with two attached hydrogens (primary N) is 1. The molecule has 1 aromatic heterocycles. The first-order chi connectivity index (χ1) is 9.36. The standard InChI is InChI=1S/C12H20BrN3O2S2/c1-15-5-3-4-9(15)8-16(2)20(17,18)11-6-10(7-14)19-12(11)13/h6,9H,3-5,7-8,14H2,1-2H3. The van der Waals surface area contributed by atoms with Crippen LogP contribution >= 0.6 is 27.3 Å². The molecule has 0 radical (unpaired) electrons. The highest BCUT2D eigenvalue weighted by Crippen LogP contribution is 2.33. The molecule has 1 aliphatic heterocycles.